The molecule has 112 valence electrons. The molecule has 1 aliphatic rings. The second kappa shape index (κ2) is 5.17. The highest BCUT2D eigenvalue weighted by molar-refractivity contribution is 7.92. The Morgan fingerprint density at radius 1 is 1.38 bits per heavy atom. The lowest BCUT2D eigenvalue weighted by atomic mass is 9.99. The van der Waals surface area contributed by atoms with E-state index in [1.807, 2.05) is 0 Å². The molecule has 0 radical (unpaired) electrons. The first kappa shape index (κ1) is 15.0. The molecule has 1 heterocycles. The number of carbonyl (C=O) groups excluding carboxylic acids is 1. The number of benzene rings is 1. The molecule has 0 bridgehead atoms. The van der Waals surface area contributed by atoms with Crippen molar-refractivity contribution in [2.24, 2.45) is 21.6 Å². The Kier molecular flexibility index (Phi) is 3.69. The SMILES string of the molecule is CCc1cc2c(cc1C(=O)N=C(N)N)S(=O)(=O)CC2=NO. The lowest BCUT2D eigenvalue weighted by Crippen LogP contribution is -2.24. The van der Waals surface area contributed by atoms with Gasteiger partial charge in [0.15, 0.2) is 15.8 Å². The topological polar surface area (TPSA) is 148 Å². The van der Waals surface area contributed by atoms with Gasteiger partial charge in [0, 0.05) is 11.1 Å². The zero-order chi connectivity index (χ0) is 15.8. The number of oxime groups is 1. The lowest BCUT2D eigenvalue weighted by molar-refractivity contribution is 0.100. The number of hydrogen-bond acceptors (Lipinski definition) is 5. The maximum atomic E-state index is 12.0. The van der Waals surface area contributed by atoms with Crippen LogP contribution in [-0.4, -0.2) is 37.0 Å². The Hall–Kier alpha value is -2.42. The van der Waals surface area contributed by atoms with Crippen LogP contribution in [0.15, 0.2) is 27.2 Å². The quantitative estimate of drug-likeness (QED) is 0.294. The molecule has 0 fully saturated rings. The summed E-state index contributed by atoms with van der Waals surface area (Å²) >= 11 is 0. The van der Waals surface area contributed by atoms with Crippen LogP contribution in [0.4, 0.5) is 0 Å². The minimum Gasteiger partial charge on any atom is -0.411 e. The van der Waals surface area contributed by atoms with Gasteiger partial charge in [-0.1, -0.05) is 12.1 Å². The van der Waals surface area contributed by atoms with Crippen molar-refractivity contribution in [1.29, 1.82) is 0 Å². The van der Waals surface area contributed by atoms with Crippen molar-refractivity contribution in [1.82, 2.24) is 0 Å². The van der Waals surface area contributed by atoms with Crippen molar-refractivity contribution in [3.63, 3.8) is 0 Å². The van der Waals surface area contributed by atoms with Gasteiger partial charge in [0.25, 0.3) is 5.91 Å². The molecule has 1 aliphatic heterocycles. The number of rotatable bonds is 2. The Morgan fingerprint density at radius 3 is 2.57 bits per heavy atom. The zero-order valence-electron chi connectivity index (χ0n) is 11.2. The number of amides is 1. The van der Waals surface area contributed by atoms with Gasteiger partial charge in [-0.3, -0.25) is 4.79 Å². The van der Waals surface area contributed by atoms with Crippen LogP contribution >= 0.6 is 0 Å². The van der Waals surface area contributed by atoms with Gasteiger partial charge >= 0.3 is 0 Å². The predicted molar refractivity (Wildman–Crippen MR) is 76.3 cm³/mol. The van der Waals surface area contributed by atoms with Crippen molar-refractivity contribution < 1.29 is 18.4 Å². The molecule has 0 atom stereocenters. The Balaban J connectivity index is 2.72. The van der Waals surface area contributed by atoms with Crippen LogP contribution < -0.4 is 11.5 Å². The van der Waals surface area contributed by atoms with Crippen molar-refractivity contribution in [3.05, 3.63) is 28.8 Å². The van der Waals surface area contributed by atoms with Crippen LogP contribution in [0.3, 0.4) is 0 Å². The van der Waals surface area contributed by atoms with Crippen LogP contribution in [0.1, 0.15) is 28.4 Å². The summed E-state index contributed by atoms with van der Waals surface area (Å²) in [5, 5.41) is 11.9. The van der Waals surface area contributed by atoms with Gasteiger partial charge in [0.2, 0.25) is 0 Å². The summed E-state index contributed by atoms with van der Waals surface area (Å²) < 4.78 is 24.1. The van der Waals surface area contributed by atoms with Crippen LogP contribution in [0, 0.1) is 0 Å². The molecule has 1 aromatic rings. The Morgan fingerprint density at radius 2 is 2.05 bits per heavy atom. The smallest absolute Gasteiger partial charge is 0.280 e. The highest BCUT2D eigenvalue weighted by Crippen LogP contribution is 2.30. The van der Waals surface area contributed by atoms with E-state index in [9.17, 15) is 13.2 Å². The van der Waals surface area contributed by atoms with E-state index in [-0.39, 0.29) is 16.2 Å². The number of aliphatic imine (C=N–C) groups is 1. The summed E-state index contributed by atoms with van der Waals surface area (Å²) in [7, 11) is -3.63. The first-order valence-corrected chi connectivity index (χ1v) is 7.70. The molecule has 9 heteroatoms. The molecule has 1 amide bonds. The lowest BCUT2D eigenvalue weighted by Gasteiger charge is -2.08. The summed E-state index contributed by atoms with van der Waals surface area (Å²) in [5.74, 6) is -1.51. The van der Waals surface area contributed by atoms with Gasteiger partial charge in [-0.25, -0.2) is 8.42 Å². The molecular formula is C12H14N4O4S. The number of nitrogens with zero attached hydrogens (tertiary/aromatic N) is 2. The van der Waals surface area contributed by atoms with Gasteiger partial charge in [-0.05, 0) is 24.1 Å². The Bertz CT molecular complexity index is 777. The van der Waals surface area contributed by atoms with E-state index in [0.29, 0.717) is 17.5 Å². The fourth-order valence-electron chi connectivity index (χ4n) is 2.19. The molecule has 0 aliphatic carbocycles. The summed E-state index contributed by atoms with van der Waals surface area (Å²) in [6.07, 6.45) is 0.465. The molecule has 0 saturated carbocycles. The van der Waals surface area contributed by atoms with Gasteiger partial charge < -0.3 is 16.7 Å². The van der Waals surface area contributed by atoms with Gasteiger partial charge in [-0.15, -0.1) is 0 Å². The number of carbonyl (C=O) groups is 1. The van der Waals surface area contributed by atoms with E-state index < -0.39 is 27.5 Å². The van der Waals surface area contributed by atoms with Crippen molar-refractivity contribution >= 4 is 27.4 Å². The molecule has 21 heavy (non-hydrogen) atoms. The highest BCUT2D eigenvalue weighted by atomic mass is 32.2. The molecule has 0 spiro atoms. The number of sulfone groups is 1. The van der Waals surface area contributed by atoms with Gasteiger partial charge in [-0.2, -0.15) is 4.99 Å². The van der Waals surface area contributed by atoms with Crippen LogP contribution in [0.25, 0.3) is 0 Å². The van der Waals surface area contributed by atoms with E-state index in [0.717, 1.165) is 0 Å². The van der Waals surface area contributed by atoms with Crippen LogP contribution in [0.2, 0.25) is 0 Å². The fraction of sp³-hybridized carbons (Fsp3) is 0.250. The Labute approximate surface area is 121 Å². The minimum atomic E-state index is -3.63. The highest BCUT2D eigenvalue weighted by Gasteiger charge is 2.34. The van der Waals surface area contributed by atoms with Crippen molar-refractivity contribution in [2.45, 2.75) is 18.2 Å². The van der Waals surface area contributed by atoms with Gasteiger partial charge in [0.05, 0.1) is 4.90 Å². The average molecular weight is 310 g/mol. The van der Waals surface area contributed by atoms with Gasteiger partial charge in [0.1, 0.15) is 11.5 Å². The molecule has 2 rings (SSSR count). The normalized spacial score (nSPS) is 17.5. The molecule has 0 saturated heterocycles. The molecule has 8 nitrogen and oxygen atoms in total. The maximum absolute atomic E-state index is 12.0. The largest absolute Gasteiger partial charge is 0.411 e. The number of nitrogens with two attached hydrogens (primary N) is 2. The first-order chi connectivity index (χ1) is 9.80. The molecule has 5 N–H and O–H groups in total. The number of guanidine groups is 1. The monoisotopic (exact) mass is 310 g/mol. The third kappa shape index (κ3) is 2.59. The van der Waals surface area contributed by atoms with Crippen LogP contribution in [-0.2, 0) is 16.3 Å². The van der Waals surface area contributed by atoms with E-state index >= 15 is 0 Å². The second-order valence-electron chi connectivity index (χ2n) is 4.51. The zero-order valence-corrected chi connectivity index (χ0v) is 12.0. The third-order valence-electron chi connectivity index (χ3n) is 3.14. The minimum absolute atomic E-state index is 0.0540. The molecular weight excluding hydrogens is 296 g/mol. The van der Waals surface area contributed by atoms with Crippen molar-refractivity contribution in [3.8, 4) is 0 Å². The summed E-state index contributed by atoms with van der Waals surface area (Å²) in [6, 6.07) is 2.75. The van der Waals surface area contributed by atoms with E-state index in [1.54, 1.807) is 6.92 Å². The number of hydrogen-bond donors (Lipinski definition) is 3. The standard InChI is InChI=1S/C12H14N4O4S/c1-2-6-3-8-9(16-18)5-21(19,20)10(8)4-7(6)11(17)15-12(13)14/h3-4,18H,2,5H2,1H3,(H4,13,14,15,17). The molecule has 1 aromatic carbocycles. The molecule has 0 unspecified atom stereocenters. The third-order valence-corrected chi connectivity index (χ3v) is 4.80. The van der Waals surface area contributed by atoms with E-state index in [2.05, 4.69) is 10.1 Å². The van der Waals surface area contributed by atoms with E-state index in [1.165, 1.54) is 12.1 Å². The average Bonchev–Trinajstić information content (AvgIpc) is 2.67. The van der Waals surface area contributed by atoms with E-state index in [4.69, 9.17) is 16.7 Å². The number of aryl methyl sites for hydroxylation is 1. The predicted octanol–water partition coefficient (Wildman–Crippen LogP) is -0.372. The first-order valence-electron chi connectivity index (χ1n) is 6.05. The fourth-order valence-corrected chi connectivity index (χ4v) is 3.73. The van der Waals surface area contributed by atoms with Crippen LogP contribution in [0.5, 0.6) is 0 Å². The number of fused-ring (bicyclic) bond motifs is 1. The molecule has 0 aromatic heterocycles. The second-order valence-corrected chi connectivity index (χ2v) is 6.46. The maximum Gasteiger partial charge on any atom is 0.280 e. The summed E-state index contributed by atoms with van der Waals surface area (Å²) in [4.78, 5) is 15.3. The summed E-state index contributed by atoms with van der Waals surface area (Å²) in [6.45, 7) is 1.80. The van der Waals surface area contributed by atoms with Crippen molar-refractivity contribution in [2.75, 3.05) is 5.75 Å². The summed E-state index contributed by atoms with van der Waals surface area (Å²) in [5.41, 5.74) is 11.4.